The minimum absolute atomic E-state index is 0.0172. The highest BCUT2D eigenvalue weighted by molar-refractivity contribution is 6.01. The highest BCUT2D eigenvalue weighted by atomic mass is 16.5. The molecule has 0 aromatic heterocycles. The maximum Gasteiger partial charge on any atom is 0.324 e. The summed E-state index contributed by atoms with van der Waals surface area (Å²) in [6.45, 7) is 2.23. The van der Waals surface area contributed by atoms with Crippen molar-refractivity contribution < 1.29 is 19.1 Å². The van der Waals surface area contributed by atoms with Crippen molar-refractivity contribution in [3.8, 4) is 5.75 Å². The second kappa shape index (κ2) is 6.74. The average Bonchev–Trinajstić information content (AvgIpc) is 2.78. The minimum atomic E-state index is -0.426. The Morgan fingerprint density at radius 3 is 2.67 bits per heavy atom. The minimum Gasteiger partial charge on any atom is -0.484 e. The summed E-state index contributed by atoms with van der Waals surface area (Å²) in [5, 5.41) is 5.00. The average molecular weight is 291 g/mol. The number of aryl methyl sites for hydroxylation is 1. The number of carbonyl (C=O) groups is 3. The largest absolute Gasteiger partial charge is 0.484 e. The summed E-state index contributed by atoms with van der Waals surface area (Å²) < 4.78 is 5.32. The molecule has 2 N–H and O–H groups in total. The Morgan fingerprint density at radius 2 is 2.05 bits per heavy atom. The van der Waals surface area contributed by atoms with Crippen molar-refractivity contribution in [2.24, 2.45) is 0 Å². The maximum absolute atomic E-state index is 11.6. The first-order chi connectivity index (χ1) is 10.1. The highest BCUT2D eigenvalue weighted by Gasteiger charge is 2.27. The van der Waals surface area contributed by atoms with E-state index in [0.29, 0.717) is 5.75 Å². The summed E-state index contributed by atoms with van der Waals surface area (Å²) in [5.41, 5.74) is 1.11. The van der Waals surface area contributed by atoms with Crippen molar-refractivity contribution >= 4 is 17.8 Å². The molecule has 7 heteroatoms. The number of hydrogen-bond donors (Lipinski definition) is 2. The van der Waals surface area contributed by atoms with Gasteiger partial charge in [-0.2, -0.15) is 0 Å². The van der Waals surface area contributed by atoms with Crippen LogP contribution in [-0.4, -0.2) is 49.0 Å². The lowest BCUT2D eigenvalue weighted by Crippen LogP contribution is -2.39. The molecule has 1 aromatic carbocycles. The Kier molecular flexibility index (Phi) is 4.76. The van der Waals surface area contributed by atoms with Crippen LogP contribution < -0.4 is 15.4 Å². The molecular formula is C14H17N3O4. The van der Waals surface area contributed by atoms with Crippen LogP contribution in [0, 0.1) is 6.92 Å². The molecule has 0 unspecified atom stereocenters. The number of urea groups is 1. The second-order valence-electron chi connectivity index (χ2n) is 4.66. The van der Waals surface area contributed by atoms with Crippen molar-refractivity contribution in [1.82, 2.24) is 15.5 Å². The van der Waals surface area contributed by atoms with Gasteiger partial charge in [0, 0.05) is 13.1 Å². The van der Waals surface area contributed by atoms with E-state index in [1.807, 2.05) is 19.1 Å². The monoisotopic (exact) mass is 291 g/mol. The number of imide groups is 1. The first kappa shape index (κ1) is 14.8. The van der Waals surface area contributed by atoms with Gasteiger partial charge in [-0.15, -0.1) is 0 Å². The number of hydrogen-bond acceptors (Lipinski definition) is 4. The Hall–Kier alpha value is -2.57. The zero-order valence-corrected chi connectivity index (χ0v) is 11.7. The van der Waals surface area contributed by atoms with Gasteiger partial charge in [0.2, 0.25) is 5.91 Å². The van der Waals surface area contributed by atoms with Crippen molar-refractivity contribution in [2.45, 2.75) is 6.92 Å². The standard InChI is InChI=1S/C14H17N3O4/c1-10-2-4-11(5-3-10)21-9-12(18)15-6-7-17-13(19)8-16-14(17)20/h2-5H,6-9H2,1H3,(H,15,18)(H,16,20). The normalized spacial score (nSPS) is 14.0. The third-order valence-electron chi connectivity index (χ3n) is 2.99. The van der Waals surface area contributed by atoms with Crippen LogP contribution in [0.2, 0.25) is 0 Å². The van der Waals surface area contributed by atoms with Gasteiger partial charge >= 0.3 is 6.03 Å². The topological polar surface area (TPSA) is 87.7 Å². The van der Waals surface area contributed by atoms with E-state index < -0.39 is 6.03 Å². The number of ether oxygens (including phenoxy) is 1. The van der Waals surface area contributed by atoms with E-state index in [1.54, 1.807) is 12.1 Å². The van der Waals surface area contributed by atoms with Gasteiger partial charge in [0.25, 0.3) is 5.91 Å². The van der Waals surface area contributed by atoms with Gasteiger partial charge in [0.1, 0.15) is 5.75 Å². The predicted octanol–water partition coefficient (Wildman–Crippen LogP) is 0.0418. The maximum atomic E-state index is 11.6. The van der Waals surface area contributed by atoms with Crippen molar-refractivity contribution in [1.29, 1.82) is 0 Å². The summed E-state index contributed by atoms with van der Waals surface area (Å²) in [6.07, 6.45) is 0. The molecule has 21 heavy (non-hydrogen) atoms. The molecule has 2 rings (SSSR count). The van der Waals surface area contributed by atoms with E-state index in [2.05, 4.69) is 10.6 Å². The molecule has 0 radical (unpaired) electrons. The Balaban J connectivity index is 1.67. The third-order valence-corrected chi connectivity index (χ3v) is 2.99. The lowest BCUT2D eigenvalue weighted by atomic mass is 10.2. The van der Waals surface area contributed by atoms with Crippen LogP contribution in [0.25, 0.3) is 0 Å². The number of nitrogens with one attached hydrogen (secondary N) is 2. The van der Waals surface area contributed by atoms with Crippen LogP contribution in [-0.2, 0) is 9.59 Å². The van der Waals surface area contributed by atoms with Crippen molar-refractivity contribution in [2.75, 3.05) is 26.2 Å². The van der Waals surface area contributed by atoms with Gasteiger partial charge in [-0.3, -0.25) is 14.5 Å². The van der Waals surface area contributed by atoms with Gasteiger partial charge in [0.15, 0.2) is 6.61 Å². The molecule has 1 fully saturated rings. The number of benzene rings is 1. The van der Waals surface area contributed by atoms with E-state index >= 15 is 0 Å². The SMILES string of the molecule is Cc1ccc(OCC(=O)NCCN2C(=O)CNC2=O)cc1. The first-order valence-corrected chi connectivity index (χ1v) is 6.60. The molecule has 1 heterocycles. The number of nitrogens with zero attached hydrogens (tertiary/aromatic N) is 1. The Morgan fingerprint density at radius 1 is 1.33 bits per heavy atom. The summed E-state index contributed by atoms with van der Waals surface area (Å²) >= 11 is 0. The third kappa shape index (κ3) is 4.20. The predicted molar refractivity (Wildman–Crippen MR) is 74.8 cm³/mol. The van der Waals surface area contributed by atoms with Gasteiger partial charge in [-0.1, -0.05) is 17.7 Å². The molecule has 7 nitrogen and oxygen atoms in total. The number of amides is 4. The molecule has 1 aromatic rings. The fourth-order valence-corrected chi connectivity index (χ4v) is 1.82. The summed E-state index contributed by atoms with van der Waals surface area (Å²) in [7, 11) is 0. The highest BCUT2D eigenvalue weighted by Crippen LogP contribution is 2.10. The Bertz CT molecular complexity index is 526. The molecule has 0 spiro atoms. The number of rotatable bonds is 6. The van der Waals surface area contributed by atoms with Crippen LogP contribution in [0.4, 0.5) is 4.79 Å². The van der Waals surface area contributed by atoms with E-state index in [-0.39, 0.29) is 38.1 Å². The van der Waals surface area contributed by atoms with Crippen molar-refractivity contribution in [3.05, 3.63) is 29.8 Å². The van der Waals surface area contributed by atoms with E-state index in [4.69, 9.17) is 4.74 Å². The fraction of sp³-hybridized carbons (Fsp3) is 0.357. The van der Waals surface area contributed by atoms with Crippen LogP contribution in [0.1, 0.15) is 5.56 Å². The summed E-state index contributed by atoms with van der Waals surface area (Å²) in [4.78, 5) is 35.2. The fourth-order valence-electron chi connectivity index (χ4n) is 1.82. The molecule has 0 aliphatic carbocycles. The molecule has 0 atom stereocenters. The molecule has 1 aliphatic rings. The van der Waals surface area contributed by atoms with Gasteiger partial charge in [-0.25, -0.2) is 4.79 Å². The van der Waals surface area contributed by atoms with E-state index in [1.165, 1.54) is 0 Å². The first-order valence-electron chi connectivity index (χ1n) is 6.60. The van der Waals surface area contributed by atoms with Crippen molar-refractivity contribution in [3.63, 3.8) is 0 Å². The molecule has 112 valence electrons. The van der Waals surface area contributed by atoms with E-state index in [0.717, 1.165) is 10.5 Å². The summed E-state index contributed by atoms with van der Waals surface area (Å²) in [6, 6.07) is 6.94. The van der Waals surface area contributed by atoms with E-state index in [9.17, 15) is 14.4 Å². The lowest BCUT2D eigenvalue weighted by molar-refractivity contribution is -0.126. The van der Waals surface area contributed by atoms with Crippen LogP contribution >= 0.6 is 0 Å². The summed E-state index contributed by atoms with van der Waals surface area (Å²) in [5.74, 6) is 0.0256. The molecule has 4 amide bonds. The molecule has 0 saturated carbocycles. The van der Waals surface area contributed by atoms with Gasteiger partial charge in [-0.05, 0) is 19.1 Å². The lowest BCUT2D eigenvalue weighted by Gasteiger charge is -2.13. The number of carbonyl (C=O) groups excluding carboxylic acids is 3. The molecule has 1 aliphatic heterocycles. The quantitative estimate of drug-likeness (QED) is 0.725. The molecule has 0 bridgehead atoms. The van der Waals surface area contributed by atoms with Crippen LogP contribution in [0.3, 0.4) is 0 Å². The van der Waals surface area contributed by atoms with Crippen LogP contribution in [0.5, 0.6) is 5.75 Å². The van der Waals surface area contributed by atoms with Gasteiger partial charge in [0.05, 0.1) is 6.54 Å². The zero-order chi connectivity index (χ0) is 15.2. The zero-order valence-electron chi connectivity index (χ0n) is 11.7. The smallest absolute Gasteiger partial charge is 0.324 e. The molecular weight excluding hydrogens is 274 g/mol. The second-order valence-corrected chi connectivity index (χ2v) is 4.66. The van der Waals surface area contributed by atoms with Crippen LogP contribution in [0.15, 0.2) is 24.3 Å². The Labute approximate surface area is 122 Å². The molecule has 1 saturated heterocycles. The van der Waals surface area contributed by atoms with Gasteiger partial charge < -0.3 is 15.4 Å².